The summed E-state index contributed by atoms with van der Waals surface area (Å²) in [6.45, 7) is 5.73. The Morgan fingerprint density at radius 3 is 2.62 bits per heavy atom. The molecule has 1 heterocycles. The van der Waals surface area contributed by atoms with Crippen molar-refractivity contribution in [3.63, 3.8) is 0 Å². The lowest BCUT2D eigenvalue weighted by Crippen LogP contribution is -2.40. The van der Waals surface area contributed by atoms with Crippen molar-refractivity contribution in [2.75, 3.05) is 26.8 Å². The van der Waals surface area contributed by atoms with Crippen LogP contribution in [-0.2, 0) is 16.8 Å². The summed E-state index contributed by atoms with van der Waals surface area (Å²) in [4.78, 5) is 0. The first kappa shape index (κ1) is 18.9. The van der Waals surface area contributed by atoms with Crippen molar-refractivity contribution >= 4 is 0 Å². The number of methoxy groups -OCH3 is 1. The quantitative estimate of drug-likeness (QED) is 0.702. The van der Waals surface area contributed by atoms with Crippen LogP contribution in [0, 0.1) is 6.92 Å². The molecule has 0 radical (unpaired) electrons. The van der Waals surface area contributed by atoms with E-state index in [1.807, 2.05) is 12.1 Å². The van der Waals surface area contributed by atoms with Gasteiger partial charge in [0.2, 0.25) is 0 Å². The highest BCUT2D eigenvalue weighted by Crippen LogP contribution is 2.38. The van der Waals surface area contributed by atoms with Gasteiger partial charge in [-0.3, -0.25) is 0 Å². The Labute approximate surface area is 157 Å². The van der Waals surface area contributed by atoms with E-state index in [1.54, 1.807) is 7.11 Å². The van der Waals surface area contributed by atoms with Crippen LogP contribution in [0.25, 0.3) is 0 Å². The molecule has 1 aliphatic heterocycles. The Bertz CT molecular complexity index is 692. The normalized spacial score (nSPS) is 16.4. The molecule has 2 aromatic rings. The largest absolute Gasteiger partial charge is 0.489 e. The SMILES string of the molecule is COCCCC1(c2cccc(COc3cccc(C)c3)c2)CCNCC1. The van der Waals surface area contributed by atoms with Gasteiger partial charge in [-0.15, -0.1) is 0 Å². The van der Waals surface area contributed by atoms with Gasteiger partial charge >= 0.3 is 0 Å². The van der Waals surface area contributed by atoms with E-state index in [9.17, 15) is 0 Å². The van der Waals surface area contributed by atoms with Crippen LogP contribution in [0.3, 0.4) is 0 Å². The van der Waals surface area contributed by atoms with Crippen LogP contribution in [0.1, 0.15) is 42.4 Å². The molecule has 0 aliphatic carbocycles. The fourth-order valence-electron chi connectivity index (χ4n) is 4.01. The van der Waals surface area contributed by atoms with Crippen molar-refractivity contribution < 1.29 is 9.47 Å². The Balaban J connectivity index is 1.73. The lowest BCUT2D eigenvalue weighted by molar-refractivity contribution is 0.174. The van der Waals surface area contributed by atoms with Crippen LogP contribution in [0.5, 0.6) is 5.75 Å². The number of benzene rings is 2. The second-order valence-electron chi connectivity index (χ2n) is 7.43. The first-order valence-electron chi connectivity index (χ1n) is 9.70. The summed E-state index contributed by atoms with van der Waals surface area (Å²) in [7, 11) is 1.79. The summed E-state index contributed by atoms with van der Waals surface area (Å²) >= 11 is 0. The van der Waals surface area contributed by atoms with Crippen molar-refractivity contribution in [3.05, 3.63) is 65.2 Å². The molecule has 1 saturated heterocycles. The topological polar surface area (TPSA) is 30.5 Å². The maximum Gasteiger partial charge on any atom is 0.120 e. The number of ether oxygens (including phenoxy) is 2. The first-order chi connectivity index (χ1) is 12.7. The Morgan fingerprint density at radius 2 is 1.85 bits per heavy atom. The minimum atomic E-state index is 0.267. The van der Waals surface area contributed by atoms with Crippen LogP contribution >= 0.6 is 0 Å². The number of aryl methyl sites for hydroxylation is 1. The Morgan fingerprint density at radius 1 is 1.04 bits per heavy atom. The molecule has 0 aromatic heterocycles. The van der Waals surface area contributed by atoms with Gasteiger partial charge in [-0.05, 0) is 79.9 Å². The fraction of sp³-hybridized carbons (Fsp3) is 0.478. The van der Waals surface area contributed by atoms with Gasteiger partial charge in [0, 0.05) is 13.7 Å². The number of hydrogen-bond donors (Lipinski definition) is 1. The second kappa shape index (κ2) is 9.20. The molecule has 26 heavy (non-hydrogen) atoms. The van der Waals surface area contributed by atoms with Gasteiger partial charge in [-0.2, -0.15) is 0 Å². The van der Waals surface area contributed by atoms with Crippen molar-refractivity contribution in [2.45, 2.75) is 44.6 Å². The summed E-state index contributed by atoms with van der Waals surface area (Å²) in [5.74, 6) is 0.937. The van der Waals surface area contributed by atoms with Gasteiger partial charge in [-0.1, -0.05) is 36.4 Å². The van der Waals surface area contributed by atoms with E-state index in [0.29, 0.717) is 6.61 Å². The predicted molar refractivity (Wildman–Crippen MR) is 107 cm³/mol. The summed E-state index contributed by atoms with van der Waals surface area (Å²) in [5.41, 5.74) is 4.19. The van der Waals surface area contributed by atoms with Gasteiger partial charge in [0.15, 0.2) is 0 Å². The lowest BCUT2D eigenvalue weighted by atomic mass is 9.70. The third kappa shape index (κ3) is 4.87. The molecule has 140 valence electrons. The van der Waals surface area contributed by atoms with Gasteiger partial charge in [0.05, 0.1) is 0 Å². The molecule has 3 heteroatoms. The smallest absolute Gasteiger partial charge is 0.120 e. The van der Waals surface area contributed by atoms with Crippen LogP contribution in [-0.4, -0.2) is 26.8 Å². The van der Waals surface area contributed by atoms with Crippen LogP contribution < -0.4 is 10.1 Å². The average molecular weight is 354 g/mol. The molecule has 0 bridgehead atoms. The molecule has 0 unspecified atom stereocenters. The zero-order valence-electron chi connectivity index (χ0n) is 16.1. The maximum absolute atomic E-state index is 6.01. The highest BCUT2D eigenvalue weighted by Gasteiger charge is 2.33. The van der Waals surface area contributed by atoms with Crippen molar-refractivity contribution in [3.8, 4) is 5.75 Å². The number of rotatable bonds is 8. The van der Waals surface area contributed by atoms with Crippen LogP contribution in [0.4, 0.5) is 0 Å². The summed E-state index contributed by atoms with van der Waals surface area (Å²) < 4.78 is 11.3. The third-order valence-corrected chi connectivity index (χ3v) is 5.50. The zero-order valence-corrected chi connectivity index (χ0v) is 16.1. The number of piperidine rings is 1. The molecule has 1 N–H and O–H groups in total. The highest BCUT2D eigenvalue weighted by atomic mass is 16.5. The monoisotopic (exact) mass is 353 g/mol. The molecule has 3 rings (SSSR count). The number of nitrogens with one attached hydrogen (secondary N) is 1. The molecule has 3 nitrogen and oxygen atoms in total. The second-order valence-corrected chi connectivity index (χ2v) is 7.43. The molecule has 1 fully saturated rings. The van der Waals surface area contributed by atoms with E-state index in [0.717, 1.165) is 31.9 Å². The van der Waals surface area contributed by atoms with E-state index in [2.05, 4.69) is 48.6 Å². The van der Waals surface area contributed by atoms with E-state index >= 15 is 0 Å². The van der Waals surface area contributed by atoms with Gasteiger partial charge in [0.25, 0.3) is 0 Å². The van der Waals surface area contributed by atoms with Gasteiger partial charge in [0.1, 0.15) is 12.4 Å². The highest BCUT2D eigenvalue weighted by molar-refractivity contribution is 5.32. The summed E-state index contributed by atoms with van der Waals surface area (Å²) in [6.07, 6.45) is 4.68. The Kier molecular flexibility index (Phi) is 6.70. The molecule has 0 atom stereocenters. The first-order valence-corrected chi connectivity index (χ1v) is 9.70. The molecule has 2 aromatic carbocycles. The van der Waals surface area contributed by atoms with Gasteiger partial charge in [-0.25, -0.2) is 0 Å². The average Bonchev–Trinajstić information content (AvgIpc) is 2.68. The van der Waals surface area contributed by atoms with Crippen LogP contribution in [0.2, 0.25) is 0 Å². The predicted octanol–water partition coefficient (Wildman–Crippen LogP) is 4.62. The molecule has 0 amide bonds. The molecule has 0 spiro atoms. The minimum absolute atomic E-state index is 0.267. The molecular weight excluding hydrogens is 322 g/mol. The Hall–Kier alpha value is -1.84. The van der Waals surface area contributed by atoms with E-state index < -0.39 is 0 Å². The molecular formula is C23H31NO2. The fourth-order valence-corrected chi connectivity index (χ4v) is 4.01. The molecule has 0 saturated carbocycles. The van der Waals surface area contributed by atoms with E-state index in [-0.39, 0.29) is 5.41 Å². The van der Waals surface area contributed by atoms with E-state index in [4.69, 9.17) is 9.47 Å². The summed E-state index contributed by atoms with van der Waals surface area (Å²) in [5, 5.41) is 3.51. The lowest BCUT2D eigenvalue weighted by Gasteiger charge is -2.38. The molecule has 1 aliphatic rings. The minimum Gasteiger partial charge on any atom is -0.489 e. The zero-order chi connectivity index (χ0) is 18.2. The maximum atomic E-state index is 6.01. The standard InChI is InChI=1S/C23H31NO2/c1-19-6-3-9-22(16-19)26-18-20-7-4-8-21(17-20)23(10-5-15-25-2)11-13-24-14-12-23/h3-4,6-9,16-17,24H,5,10-15,18H2,1-2H3. The van der Waals surface area contributed by atoms with Crippen molar-refractivity contribution in [1.82, 2.24) is 5.32 Å². The summed E-state index contributed by atoms with van der Waals surface area (Å²) in [6, 6.07) is 17.3. The van der Waals surface area contributed by atoms with Crippen molar-refractivity contribution in [1.29, 1.82) is 0 Å². The third-order valence-electron chi connectivity index (χ3n) is 5.50. The number of hydrogen-bond acceptors (Lipinski definition) is 3. The van der Waals surface area contributed by atoms with Gasteiger partial charge < -0.3 is 14.8 Å². The van der Waals surface area contributed by atoms with Crippen molar-refractivity contribution in [2.24, 2.45) is 0 Å². The van der Waals surface area contributed by atoms with Crippen LogP contribution in [0.15, 0.2) is 48.5 Å². The van der Waals surface area contributed by atoms with E-state index in [1.165, 1.54) is 36.0 Å².